The van der Waals surface area contributed by atoms with Gasteiger partial charge in [0.05, 0.1) is 27.4 Å². The fraction of sp³-hybridized carbons (Fsp3) is 0.423. The molecule has 2 aromatic rings. The summed E-state index contributed by atoms with van der Waals surface area (Å²) in [6, 6.07) is 14.3. The number of fused-ring (bicyclic) bond motifs is 1. The molecular formula is C26H30N2O8S. The normalized spacial score (nSPS) is 24.6. The number of methoxy groups -OCH3 is 2. The molecule has 198 valence electrons. The molecule has 0 aliphatic carbocycles. The van der Waals surface area contributed by atoms with Gasteiger partial charge >= 0.3 is 6.09 Å². The molecule has 1 fully saturated rings. The van der Waals surface area contributed by atoms with Crippen molar-refractivity contribution in [3.63, 3.8) is 0 Å². The molecule has 5 atom stereocenters. The maximum absolute atomic E-state index is 12.7. The third-order valence-corrected chi connectivity index (χ3v) is 7.39. The van der Waals surface area contributed by atoms with E-state index >= 15 is 0 Å². The number of Topliss-reactive ketones (excluding diaryl/α,β-unsaturated/α-hetero) is 1. The van der Waals surface area contributed by atoms with Crippen LogP contribution in [0.1, 0.15) is 18.1 Å². The van der Waals surface area contributed by atoms with Crippen LogP contribution in [-0.2, 0) is 32.2 Å². The molecule has 1 saturated heterocycles. The predicted octanol–water partition coefficient (Wildman–Crippen LogP) is 3.57. The quantitative estimate of drug-likeness (QED) is 0.519. The highest BCUT2D eigenvalue weighted by atomic mass is 32.2. The van der Waals surface area contributed by atoms with Crippen molar-refractivity contribution in [3.8, 4) is 11.5 Å². The van der Waals surface area contributed by atoms with Crippen LogP contribution in [0.25, 0.3) is 0 Å². The number of nitrogens with zero attached hydrogens (tertiary/aromatic N) is 2. The van der Waals surface area contributed by atoms with Gasteiger partial charge < -0.3 is 28.8 Å². The van der Waals surface area contributed by atoms with Gasteiger partial charge in [0.1, 0.15) is 41.3 Å². The van der Waals surface area contributed by atoms with Crippen LogP contribution in [0.4, 0.5) is 4.79 Å². The lowest BCUT2D eigenvalue weighted by Crippen LogP contribution is -2.58. The van der Waals surface area contributed by atoms with Gasteiger partial charge in [-0.05, 0) is 42.3 Å². The lowest BCUT2D eigenvalue weighted by atomic mass is 9.95. The Kier molecular flexibility index (Phi) is 8.70. The molecule has 0 spiro atoms. The van der Waals surface area contributed by atoms with Gasteiger partial charge in [0.25, 0.3) is 0 Å². The van der Waals surface area contributed by atoms with Gasteiger partial charge in [0, 0.05) is 7.05 Å². The van der Waals surface area contributed by atoms with Crippen LogP contribution in [0.3, 0.4) is 0 Å². The van der Waals surface area contributed by atoms with Crippen molar-refractivity contribution < 1.29 is 38.4 Å². The summed E-state index contributed by atoms with van der Waals surface area (Å²) in [5, 5.41) is 9.71. The van der Waals surface area contributed by atoms with Gasteiger partial charge in [-0.2, -0.15) is 0 Å². The van der Waals surface area contributed by atoms with Gasteiger partial charge in [-0.1, -0.05) is 36.0 Å². The summed E-state index contributed by atoms with van der Waals surface area (Å²) >= 11 is 1.16. The molecule has 11 heteroatoms. The van der Waals surface area contributed by atoms with Gasteiger partial charge in [-0.25, -0.2) is 4.79 Å². The molecule has 1 N–H and O–H groups in total. The number of thioether (sulfide) groups is 1. The topological polar surface area (TPSA) is 116 Å². The maximum atomic E-state index is 12.7. The molecule has 10 nitrogen and oxygen atoms in total. The van der Waals surface area contributed by atoms with Gasteiger partial charge in [-0.3, -0.25) is 14.7 Å². The summed E-state index contributed by atoms with van der Waals surface area (Å²) in [5.74, 6) is 1.24. The van der Waals surface area contributed by atoms with E-state index in [4.69, 9.17) is 23.7 Å². The monoisotopic (exact) mass is 530 g/mol. The average molecular weight is 531 g/mol. The van der Waals surface area contributed by atoms with E-state index in [9.17, 15) is 14.7 Å². The zero-order valence-corrected chi connectivity index (χ0v) is 21.8. The fourth-order valence-electron chi connectivity index (χ4n) is 4.10. The molecule has 2 heterocycles. The van der Waals surface area contributed by atoms with Crippen molar-refractivity contribution in [1.29, 1.82) is 0 Å². The van der Waals surface area contributed by atoms with E-state index < -0.39 is 35.9 Å². The third-order valence-electron chi connectivity index (χ3n) is 6.18. The van der Waals surface area contributed by atoms with E-state index in [1.54, 1.807) is 14.2 Å². The first-order valence-corrected chi connectivity index (χ1v) is 12.5. The SMILES string of the molecule is COc1ccc(CO[C@@H]2[C@H]3N=C(N(C)C(=O)O)S[C@H]3OC(C(C)=O)[C@H]2OCc2ccc(OC)cc2)cc1. The minimum absolute atomic E-state index is 0.209. The Hall–Kier alpha value is -3.12. The van der Waals surface area contributed by atoms with Gasteiger partial charge in [0.15, 0.2) is 11.0 Å². The van der Waals surface area contributed by atoms with Crippen molar-refractivity contribution in [2.45, 2.75) is 49.9 Å². The minimum atomic E-state index is -1.14. The molecule has 0 bridgehead atoms. The van der Waals surface area contributed by atoms with Crippen molar-refractivity contribution >= 4 is 28.8 Å². The Labute approximate surface area is 219 Å². The van der Waals surface area contributed by atoms with Gasteiger partial charge in [-0.15, -0.1) is 0 Å². The molecule has 0 aromatic heterocycles. The molecule has 4 rings (SSSR count). The Morgan fingerprint density at radius 2 is 1.46 bits per heavy atom. The summed E-state index contributed by atoms with van der Waals surface area (Å²) in [4.78, 5) is 29.9. The first-order valence-electron chi connectivity index (χ1n) is 11.7. The Morgan fingerprint density at radius 3 is 1.92 bits per heavy atom. The first kappa shape index (κ1) is 26.9. The number of hydrogen-bond donors (Lipinski definition) is 1. The van der Waals surface area contributed by atoms with Crippen LogP contribution < -0.4 is 9.47 Å². The average Bonchev–Trinajstić information content (AvgIpc) is 3.34. The van der Waals surface area contributed by atoms with Crippen molar-refractivity contribution in [2.75, 3.05) is 21.3 Å². The summed E-state index contributed by atoms with van der Waals surface area (Å²) < 4.78 is 29.2. The summed E-state index contributed by atoms with van der Waals surface area (Å²) in [6.07, 6.45) is -3.48. The Morgan fingerprint density at radius 1 is 0.946 bits per heavy atom. The van der Waals surface area contributed by atoms with Crippen LogP contribution in [0.5, 0.6) is 11.5 Å². The number of hydrogen-bond acceptors (Lipinski definition) is 9. The van der Waals surface area contributed by atoms with Crippen molar-refractivity contribution in [2.24, 2.45) is 4.99 Å². The number of benzene rings is 2. The van der Waals surface area contributed by atoms with E-state index in [-0.39, 0.29) is 24.2 Å². The fourth-order valence-corrected chi connectivity index (χ4v) is 5.25. The van der Waals surface area contributed by atoms with Crippen LogP contribution in [0.2, 0.25) is 0 Å². The molecule has 37 heavy (non-hydrogen) atoms. The zero-order chi connectivity index (χ0) is 26.5. The highest BCUT2D eigenvalue weighted by Crippen LogP contribution is 2.40. The highest BCUT2D eigenvalue weighted by Gasteiger charge is 2.52. The largest absolute Gasteiger partial charge is 0.497 e. The molecular weight excluding hydrogens is 500 g/mol. The number of ketones is 1. The zero-order valence-electron chi connectivity index (χ0n) is 21.0. The number of carboxylic acid groups (broad SMARTS) is 1. The summed E-state index contributed by atoms with van der Waals surface area (Å²) in [7, 11) is 4.61. The first-order chi connectivity index (χ1) is 17.8. The van der Waals surface area contributed by atoms with Crippen LogP contribution in [0.15, 0.2) is 53.5 Å². The molecule has 1 amide bonds. The van der Waals surface area contributed by atoms with E-state index in [2.05, 4.69) is 4.99 Å². The lowest BCUT2D eigenvalue weighted by molar-refractivity contribution is -0.198. The number of amidine groups is 1. The number of amides is 1. The molecule has 2 aliphatic heterocycles. The molecule has 2 aromatic carbocycles. The smallest absolute Gasteiger partial charge is 0.413 e. The second kappa shape index (κ2) is 12.0. The lowest BCUT2D eigenvalue weighted by Gasteiger charge is -2.41. The molecule has 0 radical (unpaired) electrons. The van der Waals surface area contributed by atoms with E-state index in [0.29, 0.717) is 0 Å². The number of carbonyl (C=O) groups is 2. The predicted molar refractivity (Wildman–Crippen MR) is 137 cm³/mol. The number of rotatable bonds is 9. The molecule has 1 unspecified atom stereocenters. The number of ether oxygens (including phenoxy) is 5. The molecule has 0 saturated carbocycles. The van der Waals surface area contributed by atoms with Crippen LogP contribution in [0, 0.1) is 0 Å². The second-order valence-corrected chi connectivity index (χ2v) is 9.71. The Balaban J connectivity index is 1.60. The maximum Gasteiger partial charge on any atom is 0.413 e. The Bertz CT molecular complexity index is 1120. The summed E-state index contributed by atoms with van der Waals surface area (Å²) in [6.45, 7) is 1.88. The summed E-state index contributed by atoms with van der Waals surface area (Å²) in [5.41, 5.74) is 1.19. The van der Waals surface area contributed by atoms with Crippen LogP contribution in [-0.4, -0.2) is 78.1 Å². The van der Waals surface area contributed by atoms with Crippen molar-refractivity contribution in [3.05, 3.63) is 59.7 Å². The van der Waals surface area contributed by atoms with E-state index in [1.165, 1.54) is 14.0 Å². The van der Waals surface area contributed by atoms with Crippen molar-refractivity contribution in [1.82, 2.24) is 4.90 Å². The second-order valence-electron chi connectivity index (χ2n) is 8.64. The number of carbonyl (C=O) groups excluding carboxylic acids is 1. The highest BCUT2D eigenvalue weighted by molar-refractivity contribution is 8.14. The number of aliphatic imine (C=N–C) groups is 1. The van der Waals surface area contributed by atoms with Crippen LogP contribution >= 0.6 is 11.8 Å². The van der Waals surface area contributed by atoms with E-state index in [1.807, 2.05) is 48.5 Å². The standard InChI is InChI=1S/C26H30N2O8S/c1-15(29)21-23(35-14-17-7-11-19(33-4)12-8-17)22(34-13-16-5-9-18(32-3)10-6-16)20-24(36-21)37-25(27-20)28(2)26(30)31/h5-12,20-24H,13-14H2,1-4H3,(H,30,31)/t20-,21?,22-,23-,24-/m1/s1. The molecule has 2 aliphatic rings. The minimum Gasteiger partial charge on any atom is -0.497 e. The third kappa shape index (κ3) is 6.24. The van der Waals surface area contributed by atoms with E-state index in [0.717, 1.165) is 39.3 Å². The van der Waals surface area contributed by atoms with Gasteiger partial charge in [0.2, 0.25) is 0 Å².